The molecular formula is C11H20N2O. The van der Waals surface area contributed by atoms with E-state index >= 15 is 0 Å². The Morgan fingerprint density at radius 2 is 2.36 bits per heavy atom. The third kappa shape index (κ3) is 3.65. The maximum absolute atomic E-state index is 8.42. The van der Waals surface area contributed by atoms with Gasteiger partial charge < -0.3 is 4.74 Å². The predicted octanol–water partition coefficient (Wildman–Crippen LogP) is 1.79. The van der Waals surface area contributed by atoms with E-state index in [4.69, 9.17) is 10.00 Å². The summed E-state index contributed by atoms with van der Waals surface area (Å²) in [6.07, 6.45) is 4.04. The van der Waals surface area contributed by atoms with Crippen molar-refractivity contribution < 1.29 is 4.74 Å². The fourth-order valence-corrected chi connectivity index (χ4v) is 1.88. The van der Waals surface area contributed by atoms with Crippen LogP contribution >= 0.6 is 0 Å². The molecule has 0 saturated carbocycles. The van der Waals surface area contributed by atoms with Crippen molar-refractivity contribution in [1.29, 1.82) is 5.26 Å². The first-order valence-electron chi connectivity index (χ1n) is 5.57. The van der Waals surface area contributed by atoms with Crippen LogP contribution in [0.3, 0.4) is 0 Å². The van der Waals surface area contributed by atoms with Gasteiger partial charge in [-0.3, -0.25) is 4.90 Å². The van der Waals surface area contributed by atoms with Gasteiger partial charge in [0, 0.05) is 19.0 Å². The average Bonchev–Trinajstić information content (AvgIpc) is 2.25. The quantitative estimate of drug-likeness (QED) is 0.629. The van der Waals surface area contributed by atoms with Gasteiger partial charge in [0.2, 0.25) is 0 Å². The Balaban J connectivity index is 2.17. The van der Waals surface area contributed by atoms with E-state index in [1.807, 2.05) is 0 Å². The number of hydrogen-bond donors (Lipinski definition) is 0. The van der Waals surface area contributed by atoms with E-state index in [1.165, 1.54) is 0 Å². The number of ether oxygens (including phenoxy) is 1. The standard InChI is InChI=1S/C11H20N2O/c1-2-11-10-14-9-8-13(11)7-5-3-4-6-12/h11H,2-5,7-10H2,1H3. The molecule has 1 unspecified atom stereocenters. The van der Waals surface area contributed by atoms with Crippen LogP contribution in [0.1, 0.15) is 32.6 Å². The minimum absolute atomic E-state index is 0.603. The fourth-order valence-electron chi connectivity index (χ4n) is 1.88. The summed E-state index contributed by atoms with van der Waals surface area (Å²) in [4.78, 5) is 2.50. The molecule has 0 radical (unpaired) electrons. The van der Waals surface area contributed by atoms with Crippen molar-refractivity contribution in [2.45, 2.75) is 38.6 Å². The molecule has 0 aliphatic carbocycles. The predicted molar refractivity (Wildman–Crippen MR) is 55.9 cm³/mol. The Labute approximate surface area is 86.6 Å². The van der Waals surface area contributed by atoms with Gasteiger partial charge in [0.05, 0.1) is 19.3 Å². The van der Waals surface area contributed by atoms with E-state index in [1.54, 1.807) is 0 Å². The zero-order chi connectivity index (χ0) is 10.2. The second-order valence-corrected chi connectivity index (χ2v) is 3.79. The molecule has 1 heterocycles. The largest absolute Gasteiger partial charge is 0.378 e. The molecule has 0 aromatic heterocycles. The van der Waals surface area contributed by atoms with Crippen LogP contribution < -0.4 is 0 Å². The van der Waals surface area contributed by atoms with Crippen LogP contribution in [0, 0.1) is 11.3 Å². The maximum atomic E-state index is 8.42. The summed E-state index contributed by atoms with van der Waals surface area (Å²) in [5, 5.41) is 8.42. The molecule has 0 aromatic carbocycles. The summed E-state index contributed by atoms with van der Waals surface area (Å²) in [5.41, 5.74) is 0. The first kappa shape index (κ1) is 11.5. The lowest BCUT2D eigenvalue weighted by Crippen LogP contribution is -2.45. The fraction of sp³-hybridized carbons (Fsp3) is 0.909. The van der Waals surface area contributed by atoms with E-state index in [0.29, 0.717) is 12.5 Å². The van der Waals surface area contributed by atoms with Crippen molar-refractivity contribution in [2.75, 3.05) is 26.3 Å². The third-order valence-electron chi connectivity index (χ3n) is 2.80. The Morgan fingerprint density at radius 3 is 3.07 bits per heavy atom. The van der Waals surface area contributed by atoms with Gasteiger partial charge in [0.1, 0.15) is 0 Å². The van der Waals surface area contributed by atoms with E-state index in [0.717, 1.165) is 45.6 Å². The van der Waals surface area contributed by atoms with Crippen molar-refractivity contribution in [3.8, 4) is 6.07 Å². The van der Waals surface area contributed by atoms with Gasteiger partial charge in [-0.1, -0.05) is 6.92 Å². The van der Waals surface area contributed by atoms with Gasteiger partial charge in [-0.15, -0.1) is 0 Å². The number of nitrogens with zero attached hydrogens (tertiary/aromatic N) is 2. The second-order valence-electron chi connectivity index (χ2n) is 3.79. The number of nitriles is 1. The van der Waals surface area contributed by atoms with Crippen LogP contribution in [0.25, 0.3) is 0 Å². The second kappa shape index (κ2) is 6.80. The van der Waals surface area contributed by atoms with Crippen molar-refractivity contribution in [2.24, 2.45) is 0 Å². The van der Waals surface area contributed by atoms with Crippen molar-refractivity contribution >= 4 is 0 Å². The zero-order valence-electron chi connectivity index (χ0n) is 9.04. The Kier molecular flexibility index (Phi) is 5.58. The normalized spacial score (nSPS) is 23.3. The van der Waals surface area contributed by atoms with Gasteiger partial charge in [-0.2, -0.15) is 5.26 Å². The Morgan fingerprint density at radius 1 is 1.50 bits per heavy atom. The lowest BCUT2D eigenvalue weighted by molar-refractivity contribution is -0.00907. The van der Waals surface area contributed by atoms with Gasteiger partial charge >= 0.3 is 0 Å². The molecule has 1 aliphatic heterocycles. The molecule has 3 heteroatoms. The monoisotopic (exact) mass is 196 g/mol. The van der Waals surface area contributed by atoms with Gasteiger partial charge in [0.15, 0.2) is 0 Å². The average molecular weight is 196 g/mol. The van der Waals surface area contributed by atoms with E-state index in [9.17, 15) is 0 Å². The molecule has 14 heavy (non-hydrogen) atoms. The molecule has 80 valence electrons. The summed E-state index contributed by atoms with van der Waals surface area (Å²) in [5.74, 6) is 0. The molecule has 1 fully saturated rings. The van der Waals surface area contributed by atoms with Gasteiger partial charge in [-0.05, 0) is 25.8 Å². The third-order valence-corrected chi connectivity index (χ3v) is 2.80. The Hall–Kier alpha value is -0.590. The lowest BCUT2D eigenvalue weighted by Gasteiger charge is -2.34. The van der Waals surface area contributed by atoms with Gasteiger partial charge in [-0.25, -0.2) is 0 Å². The maximum Gasteiger partial charge on any atom is 0.0622 e. The lowest BCUT2D eigenvalue weighted by atomic mass is 10.1. The smallest absolute Gasteiger partial charge is 0.0622 e. The summed E-state index contributed by atoms with van der Waals surface area (Å²) in [7, 11) is 0. The highest BCUT2D eigenvalue weighted by atomic mass is 16.5. The zero-order valence-corrected chi connectivity index (χ0v) is 9.04. The van der Waals surface area contributed by atoms with Crippen LogP contribution in [-0.4, -0.2) is 37.2 Å². The van der Waals surface area contributed by atoms with Crippen LogP contribution in [0.5, 0.6) is 0 Å². The van der Waals surface area contributed by atoms with E-state index in [-0.39, 0.29) is 0 Å². The van der Waals surface area contributed by atoms with Gasteiger partial charge in [0.25, 0.3) is 0 Å². The number of hydrogen-bond acceptors (Lipinski definition) is 3. The summed E-state index contributed by atoms with van der Waals surface area (Å²) >= 11 is 0. The van der Waals surface area contributed by atoms with Crippen LogP contribution in [0.4, 0.5) is 0 Å². The molecule has 0 aromatic rings. The van der Waals surface area contributed by atoms with Crippen LogP contribution in [-0.2, 0) is 4.74 Å². The molecular weight excluding hydrogens is 176 g/mol. The first-order chi connectivity index (χ1) is 6.88. The molecule has 1 aliphatic rings. The van der Waals surface area contributed by atoms with Crippen molar-refractivity contribution in [1.82, 2.24) is 4.90 Å². The van der Waals surface area contributed by atoms with Crippen molar-refractivity contribution in [3.05, 3.63) is 0 Å². The molecule has 1 saturated heterocycles. The molecule has 0 bridgehead atoms. The SMILES string of the molecule is CCC1COCCN1CCCCC#N. The first-order valence-corrected chi connectivity index (χ1v) is 5.57. The summed E-state index contributed by atoms with van der Waals surface area (Å²) < 4.78 is 5.44. The summed E-state index contributed by atoms with van der Waals surface area (Å²) in [6.45, 7) is 6.15. The number of morpholine rings is 1. The van der Waals surface area contributed by atoms with Crippen LogP contribution in [0.15, 0.2) is 0 Å². The minimum atomic E-state index is 0.603. The molecule has 0 spiro atoms. The van der Waals surface area contributed by atoms with E-state index in [2.05, 4.69) is 17.9 Å². The molecule has 1 rings (SSSR count). The molecule has 0 N–H and O–H groups in total. The highest BCUT2D eigenvalue weighted by Crippen LogP contribution is 2.11. The van der Waals surface area contributed by atoms with Crippen molar-refractivity contribution in [3.63, 3.8) is 0 Å². The molecule has 0 amide bonds. The van der Waals surface area contributed by atoms with Crippen LogP contribution in [0.2, 0.25) is 0 Å². The number of unbranched alkanes of at least 4 members (excludes halogenated alkanes) is 2. The topological polar surface area (TPSA) is 36.3 Å². The highest BCUT2D eigenvalue weighted by Gasteiger charge is 2.20. The highest BCUT2D eigenvalue weighted by molar-refractivity contribution is 4.75. The molecule has 3 nitrogen and oxygen atoms in total. The molecule has 1 atom stereocenters. The minimum Gasteiger partial charge on any atom is -0.378 e. The Bertz CT molecular complexity index is 188. The summed E-state index contributed by atoms with van der Waals surface area (Å²) in [6, 6.07) is 2.79. The number of rotatable bonds is 5. The van der Waals surface area contributed by atoms with E-state index < -0.39 is 0 Å².